The predicted molar refractivity (Wildman–Crippen MR) is 181 cm³/mol. The number of benzene rings is 1. The van der Waals surface area contributed by atoms with Gasteiger partial charge in [-0.25, -0.2) is 4.79 Å². The first kappa shape index (κ1) is 41.6. The Morgan fingerprint density at radius 2 is 1.40 bits per heavy atom. The van der Waals surface area contributed by atoms with Crippen LogP contribution in [0.1, 0.15) is 78.2 Å². The topological polar surface area (TPSA) is 230 Å². The summed E-state index contributed by atoms with van der Waals surface area (Å²) in [5.74, 6) is -2.28. The number of urea groups is 1. The third-order valence-electron chi connectivity index (χ3n) is 7.32. The van der Waals surface area contributed by atoms with E-state index in [9.17, 15) is 33.9 Å². The minimum atomic E-state index is -1.11. The van der Waals surface area contributed by atoms with Gasteiger partial charge in [-0.05, 0) is 42.9 Å². The van der Waals surface area contributed by atoms with Crippen LogP contribution in [0.25, 0.3) is 0 Å². The first-order chi connectivity index (χ1) is 22.9. The normalized spacial score (nSPS) is 12.7. The maximum absolute atomic E-state index is 13.7. The molecule has 3 atom stereocenters. The second kappa shape index (κ2) is 23.8. The number of nitrogens with one attached hydrogen (secondary N) is 6. The van der Waals surface area contributed by atoms with Gasteiger partial charge in [0.25, 0.3) is 0 Å². The lowest BCUT2D eigenvalue weighted by molar-refractivity contribution is -0.134. The monoisotopic (exact) mass is 677 g/mol. The number of rotatable bonds is 24. The van der Waals surface area contributed by atoms with Crippen molar-refractivity contribution in [3.05, 3.63) is 29.8 Å². The van der Waals surface area contributed by atoms with Crippen molar-refractivity contribution in [1.29, 1.82) is 0 Å². The molecule has 9 N–H and O–H groups in total. The molecule has 0 bridgehead atoms. The molecule has 15 heteroatoms. The Balaban J connectivity index is 3.04. The van der Waals surface area contributed by atoms with E-state index in [1.807, 2.05) is 6.92 Å². The van der Waals surface area contributed by atoms with Gasteiger partial charge in [-0.3, -0.25) is 24.0 Å². The van der Waals surface area contributed by atoms with E-state index in [0.717, 1.165) is 12.8 Å². The molecule has 7 amide bonds. The Morgan fingerprint density at radius 3 is 2.00 bits per heavy atom. The number of ether oxygens (including phenoxy) is 1. The highest BCUT2D eigenvalue weighted by molar-refractivity contribution is 5.94. The molecule has 48 heavy (non-hydrogen) atoms. The second-order valence-electron chi connectivity index (χ2n) is 11.8. The van der Waals surface area contributed by atoms with Crippen LogP contribution < -0.4 is 37.6 Å². The maximum atomic E-state index is 13.7. The first-order valence-corrected chi connectivity index (χ1v) is 16.7. The van der Waals surface area contributed by atoms with E-state index in [1.165, 1.54) is 12.1 Å². The Kier molecular flexibility index (Phi) is 20.7. The number of primary amides is 1. The second-order valence-corrected chi connectivity index (χ2v) is 11.8. The number of aromatic hydroxyl groups is 1. The molecule has 0 radical (unpaired) electrons. The summed E-state index contributed by atoms with van der Waals surface area (Å²) in [5.41, 5.74) is 5.82. The number of phenols is 1. The summed E-state index contributed by atoms with van der Waals surface area (Å²) >= 11 is 0. The molecule has 1 aromatic rings. The van der Waals surface area contributed by atoms with Crippen molar-refractivity contribution in [2.75, 3.05) is 32.8 Å². The number of nitrogens with two attached hydrogens (primary N) is 1. The average Bonchev–Trinajstić information content (AvgIpc) is 3.04. The van der Waals surface area contributed by atoms with Crippen LogP contribution in [0.15, 0.2) is 24.3 Å². The molecule has 0 heterocycles. The molecule has 0 aliphatic carbocycles. The van der Waals surface area contributed by atoms with Crippen molar-refractivity contribution in [2.24, 2.45) is 11.7 Å². The van der Waals surface area contributed by atoms with E-state index < -0.39 is 41.9 Å². The molecule has 270 valence electrons. The molecule has 0 aromatic heterocycles. The molecule has 0 aliphatic rings. The van der Waals surface area contributed by atoms with E-state index >= 15 is 0 Å². The molecular formula is C33H55N7O8. The Labute approximate surface area is 283 Å². The summed E-state index contributed by atoms with van der Waals surface area (Å²) in [6.45, 7) is 8.39. The van der Waals surface area contributed by atoms with Crippen molar-refractivity contribution in [3.63, 3.8) is 0 Å². The van der Waals surface area contributed by atoms with Crippen molar-refractivity contribution in [1.82, 2.24) is 31.9 Å². The van der Waals surface area contributed by atoms with Gasteiger partial charge >= 0.3 is 6.03 Å². The lowest BCUT2D eigenvalue weighted by atomic mass is 10.0. The van der Waals surface area contributed by atoms with Gasteiger partial charge < -0.3 is 47.5 Å². The predicted octanol–water partition coefficient (Wildman–Crippen LogP) is 0.733. The van der Waals surface area contributed by atoms with Crippen LogP contribution in [0.2, 0.25) is 0 Å². The summed E-state index contributed by atoms with van der Waals surface area (Å²) in [4.78, 5) is 75.4. The van der Waals surface area contributed by atoms with E-state index in [2.05, 4.69) is 31.9 Å². The largest absolute Gasteiger partial charge is 0.508 e. The van der Waals surface area contributed by atoms with Gasteiger partial charge in [-0.2, -0.15) is 0 Å². The van der Waals surface area contributed by atoms with Gasteiger partial charge in [-0.15, -0.1) is 0 Å². The van der Waals surface area contributed by atoms with Crippen LogP contribution in [-0.2, 0) is 35.1 Å². The summed E-state index contributed by atoms with van der Waals surface area (Å²) in [7, 11) is 0. The summed E-state index contributed by atoms with van der Waals surface area (Å²) in [6, 6.07) is 2.39. The Morgan fingerprint density at radius 1 is 0.750 bits per heavy atom. The highest BCUT2D eigenvalue weighted by atomic mass is 16.5. The molecule has 0 fully saturated rings. The summed E-state index contributed by atoms with van der Waals surface area (Å²) < 4.78 is 5.46. The third kappa shape index (κ3) is 18.1. The molecular weight excluding hydrogens is 622 g/mol. The minimum absolute atomic E-state index is 0.0422. The molecule has 1 rings (SSSR count). The molecule has 0 aliphatic heterocycles. The van der Waals surface area contributed by atoms with Gasteiger partial charge in [0.15, 0.2) is 0 Å². The number of amides is 7. The van der Waals surface area contributed by atoms with Crippen LogP contribution in [0, 0.1) is 5.92 Å². The molecule has 15 nitrogen and oxygen atoms in total. The van der Waals surface area contributed by atoms with E-state index in [0.29, 0.717) is 24.9 Å². The zero-order chi connectivity index (χ0) is 35.9. The lowest BCUT2D eigenvalue weighted by Gasteiger charge is -2.27. The quantitative estimate of drug-likeness (QED) is 0.0726. The van der Waals surface area contributed by atoms with Crippen molar-refractivity contribution in [3.8, 4) is 5.75 Å². The van der Waals surface area contributed by atoms with Gasteiger partial charge in [-0.1, -0.05) is 52.7 Å². The summed E-state index contributed by atoms with van der Waals surface area (Å²) in [5, 5.41) is 25.8. The molecule has 0 spiro atoms. The van der Waals surface area contributed by atoms with Gasteiger partial charge in [0, 0.05) is 38.9 Å². The zero-order valence-electron chi connectivity index (χ0n) is 28.7. The molecule has 0 unspecified atom stereocenters. The van der Waals surface area contributed by atoms with E-state index in [4.69, 9.17) is 10.5 Å². The highest BCUT2D eigenvalue weighted by Crippen LogP contribution is 2.12. The van der Waals surface area contributed by atoms with Crippen LogP contribution in [-0.4, -0.2) is 91.6 Å². The molecule has 0 saturated heterocycles. The van der Waals surface area contributed by atoms with Crippen molar-refractivity contribution >= 4 is 35.6 Å². The van der Waals surface area contributed by atoms with Crippen LogP contribution in [0.4, 0.5) is 4.79 Å². The Bertz CT molecular complexity index is 1160. The van der Waals surface area contributed by atoms with Crippen LogP contribution in [0.5, 0.6) is 5.75 Å². The van der Waals surface area contributed by atoms with E-state index in [1.54, 1.807) is 32.9 Å². The average molecular weight is 678 g/mol. The molecule has 1 aromatic carbocycles. The van der Waals surface area contributed by atoms with E-state index in [-0.39, 0.29) is 75.5 Å². The van der Waals surface area contributed by atoms with Crippen LogP contribution in [0.3, 0.4) is 0 Å². The van der Waals surface area contributed by atoms with Gasteiger partial charge in [0.05, 0.1) is 13.2 Å². The third-order valence-corrected chi connectivity index (χ3v) is 7.32. The first-order valence-electron chi connectivity index (χ1n) is 16.7. The zero-order valence-corrected chi connectivity index (χ0v) is 28.7. The SMILES string of the molecule is CCCCCC(=O)N[C@H](C(=O)N[C@@H](CCCNC(N)=O)C(=O)N[C@@H](Cc1ccc(O)cc1)C(=O)NCCOCCNC(=O)CC)C(C)C. The minimum Gasteiger partial charge on any atom is -0.508 e. The van der Waals surface area contributed by atoms with Gasteiger partial charge in [0.1, 0.15) is 23.9 Å². The Hall–Kier alpha value is -4.40. The lowest BCUT2D eigenvalue weighted by Crippen LogP contribution is -2.58. The fourth-order valence-electron chi connectivity index (χ4n) is 4.57. The fraction of sp³-hybridized carbons (Fsp3) is 0.636. The van der Waals surface area contributed by atoms with Crippen molar-refractivity contribution in [2.45, 2.75) is 97.2 Å². The van der Waals surface area contributed by atoms with Crippen LogP contribution >= 0.6 is 0 Å². The number of phenolic OH excluding ortho intramolecular Hbond substituents is 1. The number of unbranched alkanes of at least 4 members (excludes halogenated alkanes) is 2. The van der Waals surface area contributed by atoms with Gasteiger partial charge in [0.2, 0.25) is 29.5 Å². The number of carbonyl (C=O) groups is 6. The number of hydrogen-bond donors (Lipinski definition) is 8. The smallest absolute Gasteiger partial charge is 0.312 e. The van der Waals surface area contributed by atoms with Crippen molar-refractivity contribution < 1.29 is 38.6 Å². The maximum Gasteiger partial charge on any atom is 0.312 e. The number of carbonyl (C=O) groups excluding carboxylic acids is 6. The standard InChI is InChI=1S/C33H55N7O8/c1-5-7-8-11-28(43)40-29(22(3)4)32(46)38-25(10-9-16-37-33(34)47)31(45)39-26(21-23-12-14-24(41)15-13-23)30(44)36-18-20-48-19-17-35-27(42)6-2/h12-15,22,25-26,29,41H,5-11,16-21H2,1-4H3,(H,35,42)(H,36,44)(H,38,46)(H,39,45)(H,40,43)(H3,34,37,47)/t25-,26-,29-/m0/s1. The molecule has 0 saturated carbocycles. The number of hydrogen-bond acceptors (Lipinski definition) is 8. The summed E-state index contributed by atoms with van der Waals surface area (Å²) in [6.07, 6.45) is 3.63. The highest BCUT2D eigenvalue weighted by Gasteiger charge is 2.31. The fourth-order valence-corrected chi connectivity index (χ4v) is 4.57.